The van der Waals surface area contributed by atoms with Gasteiger partial charge < -0.3 is 19.9 Å². The minimum atomic E-state index is -0.355. The molecule has 0 unspecified atom stereocenters. The summed E-state index contributed by atoms with van der Waals surface area (Å²) in [6.45, 7) is -0.264. The molecule has 0 fully saturated rings. The molecule has 2 heterocycles. The maximum Gasteiger partial charge on any atom is 0.293 e. The summed E-state index contributed by atoms with van der Waals surface area (Å²) in [5.41, 5.74) is 1.17. The third-order valence-corrected chi connectivity index (χ3v) is 4.15. The molecule has 0 aliphatic heterocycles. The Hall–Kier alpha value is -3.64. The number of ether oxygens (including phenoxy) is 1. The van der Waals surface area contributed by atoms with E-state index in [0.717, 1.165) is 0 Å². The molecule has 2 N–H and O–H groups in total. The van der Waals surface area contributed by atoms with Gasteiger partial charge in [0.15, 0.2) is 18.2 Å². The largest absolute Gasteiger partial charge is 0.478 e. The molecular weight excluding hydrogens is 384 g/mol. The van der Waals surface area contributed by atoms with Crippen LogP contribution in [-0.4, -0.2) is 34.1 Å². The van der Waals surface area contributed by atoms with Crippen LogP contribution in [0.15, 0.2) is 35.3 Å². The van der Waals surface area contributed by atoms with Crippen LogP contribution >= 0.6 is 11.6 Å². The number of nitrogens with one attached hydrogen (secondary N) is 2. The van der Waals surface area contributed by atoms with Gasteiger partial charge in [-0.3, -0.25) is 9.59 Å². The normalized spacial score (nSPS) is 10.4. The zero-order chi connectivity index (χ0) is 20.3. The maximum absolute atomic E-state index is 12.4. The van der Waals surface area contributed by atoms with Crippen molar-refractivity contribution in [2.24, 2.45) is 7.05 Å². The number of anilines is 2. The van der Waals surface area contributed by atoms with Crippen molar-refractivity contribution < 1.29 is 9.53 Å². The summed E-state index contributed by atoms with van der Waals surface area (Å²) in [6.07, 6.45) is 1.33. The standard InChI is InChI=1S/C18H15ClN6O3/c1-21-15(26)9-28-14-6-10-5-12(3-4-13(10)25(2)17(14)27)23-16-11(7-20)8-22-18(19)24-16/h3-6,8H,9H2,1-2H3,(H,21,26)(H,22,23,24). The number of fused-ring (bicyclic) bond motifs is 1. The SMILES string of the molecule is CNC(=O)COc1cc2cc(Nc3nc(Cl)ncc3C#N)ccc2n(C)c1=O. The number of carbonyl (C=O) groups is 1. The third kappa shape index (κ3) is 3.87. The van der Waals surface area contributed by atoms with E-state index in [-0.39, 0.29) is 40.5 Å². The number of rotatable bonds is 5. The minimum Gasteiger partial charge on any atom is -0.478 e. The number of hydrogen-bond donors (Lipinski definition) is 2. The second-order valence-electron chi connectivity index (χ2n) is 5.75. The molecule has 1 amide bonds. The fourth-order valence-electron chi connectivity index (χ4n) is 2.52. The number of nitriles is 1. The fourth-order valence-corrected chi connectivity index (χ4v) is 2.66. The van der Waals surface area contributed by atoms with Crippen LogP contribution < -0.4 is 20.9 Å². The van der Waals surface area contributed by atoms with E-state index >= 15 is 0 Å². The first-order chi connectivity index (χ1) is 13.4. The molecule has 3 rings (SSSR count). The summed E-state index contributed by atoms with van der Waals surface area (Å²) in [4.78, 5) is 31.6. The third-order valence-electron chi connectivity index (χ3n) is 3.97. The van der Waals surface area contributed by atoms with Gasteiger partial charge in [0.25, 0.3) is 11.5 Å². The molecule has 1 aromatic carbocycles. The Morgan fingerprint density at radius 2 is 2.18 bits per heavy atom. The van der Waals surface area contributed by atoms with Gasteiger partial charge in [0.2, 0.25) is 5.28 Å². The molecule has 0 saturated carbocycles. The van der Waals surface area contributed by atoms with Crippen LogP contribution in [0, 0.1) is 11.3 Å². The number of amides is 1. The molecule has 10 heteroatoms. The minimum absolute atomic E-state index is 0.00886. The Morgan fingerprint density at radius 1 is 1.39 bits per heavy atom. The van der Waals surface area contributed by atoms with Crippen molar-refractivity contribution in [3.05, 3.63) is 51.7 Å². The van der Waals surface area contributed by atoms with E-state index in [2.05, 4.69) is 20.6 Å². The van der Waals surface area contributed by atoms with Gasteiger partial charge in [-0.05, 0) is 35.9 Å². The van der Waals surface area contributed by atoms with Crippen LogP contribution in [0.1, 0.15) is 5.56 Å². The second-order valence-corrected chi connectivity index (χ2v) is 6.08. The van der Waals surface area contributed by atoms with Crippen molar-refractivity contribution in [2.45, 2.75) is 0 Å². The van der Waals surface area contributed by atoms with Crippen molar-refractivity contribution in [1.82, 2.24) is 19.9 Å². The predicted molar refractivity (Wildman–Crippen MR) is 104 cm³/mol. The summed E-state index contributed by atoms with van der Waals surface area (Å²) in [7, 11) is 3.10. The highest BCUT2D eigenvalue weighted by molar-refractivity contribution is 6.28. The topological polar surface area (TPSA) is 122 Å². The van der Waals surface area contributed by atoms with Gasteiger partial charge >= 0.3 is 0 Å². The lowest BCUT2D eigenvalue weighted by Gasteiger charge is -2.12. The molecule has 0 saturated heterocycles. The Bertz CT molecular complexity index is 1170. The van der Waals surface area contributed by atoms with E-state index < -0.39 is 0 Å². The number of nitrogens with zero attached hydrogens (tertiary/aromatic N) is 4. The number of aryl methyl sites for hydroxylation is 1. The van der Waals surface area contributed by atoms with Crippen LogP contribution in [0.4, 0.5) is 11.5 Å². The van der Waals surface area contributed by atoms with E-state index in [9.17, 15) is 14.9 Å². The molecule has 0 atom stereocenters. The molecule has 0 aliphatic rings. The molecule has 2 aromatic heterocycles. The van der Waals surface area contributed by atoms with Gasteiger partial charge in [-0.15, -0.1) is 0 Å². The number of aromatic nitrogens is 3. The first-order valence-corrected chi connectivity index (χ1v) is 8.47. The van der Waals surface area contributed by atoms with Gasteiger partial charge in [0.05, 0.1) is 11.7 Å². The van der Waals surface area contributed by atoms with Crippen LogP contribution in [0.25, 0.3) is 10.9 Å². The van der Waals surface area contributed by atoms with Crippen molar-refractivity contribution in [1.29, 1.82) is 5.26 Å². The number of hydrogen-bond acceptors (Lipinski definition) is 7. The lowest BCUT2D eigenvalue weighted by Crippen LogP contribution is -2.27. The summed E-state index contributed by atoms with van der Waals surface area (Å²) in [6, 6.07) is 8.80. The average Bonchev–Trinajstić information content (AvgIpc) is 2.69. The summed E-state index contributed by atoms with van der Waals surface area (Å²) in [5.74, 6) is -0.0245. The van der Waals surface area contributed by atoms with E-state index in [1.807, 2.05) is 6.07 Å². The highest BCUT2D eigenvalue weighted by Crippen LogP contribution is 2.24. The van der Waals surface area contributed by atoms with E-state index in [4.69, 9.17) is 16.3 Å². The monoisotopic (exact) mass is 398 g/mol. The maximum atomic E-state index is 12.4. The Kier molecular flexibility index (Phi) is 5.42. The van der Waals surface area contributed by atoms with Crippen LogP contribution in [0.5, 0.6) is 5.75 Å². The van der Waals surface area contributed by atoms with Gasteiger partial charge in [-0.2, -0.15) is 10.2 Å². The number of likely N-dealkylation sites (N-methyl/N-ethyl adjacent to an activating group) is 1. The van der Waals surface area contributed by atoms with Gasteiger partial charge in [0, 0.05) is 25.2 Å². The molecule has 142 valence electrons. The number of halogens is 1. The van der Waals surface area contributed by atoms with Gasteiger partial charge in [-0.25, -0.2) is 4.98 Å². The first kappa shape index (κ1) is 19.1. The molecule has 3 aromatic rings. The van der Waals surface area contributed by atoms with Crippen LogP contribution in [0.3, 0.4) is 0 Å². The molecule has 9 nitrogen and oxygen atoms in total. The molecule has 0 bridgehead atoms. The van der Waals surface area contributed by atoms with Crippen molar-refractivity contribution in [2.75, 3.05) is 19.0 Å². The van der Waals surface area contributed by atoms with Crippen molar-refractivity contribution >= 4 is 39.9 Å². The van der Waals surface area contributed by atoms with E-state index in [1.165, 1.54) is 17.8 Å². The summed E-state index contributed by atoms with van der Waals surface area (Å²) >= 11 is 5.81. The molecule has 0 spiro atoms. The average molecular weight is 399 g/mol. The Labute approximate surface area is 164 Å². The number of pyridine rings is 1. The lowest BCUT2D eigenvalue weighted by atomic mass is 10.2. The zero-order valence-electron chi connectivity index (χ0n) is 15.0. The van der Waals surface area contributed by atoms with Crippen molar-refractivity contribution in [3.8, 4) is 11.8 Å². The van der Waals surface area contributed by atoms with E-state index in [1.54, 1.807) is 31.3 Å². The van der Waals surface area contributed by atoms with Gasteiger partial charge in [0.1, 0.15) is 11.6 Å². The van der Waals surface area contributed by atoms with Crippen molar-refractivity contribution in [3.63, 3.8) is 0 Å². The molecule has 28 heavy (non-hydrogen) atoms. The molecule has 0 radical (unpaired) electrons. The van der Waals surface area contributed by atoms with E-state index in [0.29, 0.717) is 16.6 Å². The molecule has 0 aliphatic carbocycles. The highest BCUT2D eigenvalue weighted by Gasteiger charge is 2.11. The van der Waals surface area contributed by atoms with Crippen LogP contribution in [-0.2, 0) is 11.8 Å². The number of carbonyl (C=O) groups excluding carboxylic acids is 1. The lowest BCUT2D eigenvalue weighted by molar-refractivity contribution is -0.122. The van der Waals surface area contributed by atoms with Gasteiger partial charge in [-0.1, -0.05) is 0 Å². The summed E-state index contributed by atoms with van der Waals surface area (Å²) < 4.78 is 6.77. The zero-order valence-corrected chi connectivity index (χ0v) is 15.7. The highest BCUT2D eigenvalue weighted by atomic mass is 35.5. The Balaban J connectivity index is 2.00. The molecular formula is C18H15ClN6O3. The smallest absolute Gasteiger partial charge is 0.293 e. The van der Waals surface area contributed by atoms with Crippen LogP contribution in [0.2, 0.25) is 5.28 Å². The fraction of sp³-hybridized carbons (Fsp3) is 0.167. The second kappa shape index (κ2) is 7.94. The number of benzene rings is 1. The first-order valence-electron chi connectivity index (χ1n) is 8.09. The predicted octanol–water partition coefficient (Wildman–Crippen LogP) is 1.72. The Morgan fingerprint density at radius 3 is 2.89 bits per heavy atom. The summed E-state index contributed by atoms with van der Waals surface area (Å²) in [5, 5.41) is 15.3. The quantitative estimate of drug-likeness (QED) is 0.627.